The third kappa shape index (κ3) is 4.19. The molecular formula is C19H21NO3. The fourth-order valence-electron chi connectivity index (χ4n) is 2.30. The van der Waals surface area contributed by atoms with E-state index in [4.69, 9.17) is 0 Å². The van der Waals surface area contributed by atoms with Crippen molar-refractivity contribution in [2.24, 2.45) is 0 Å². The number of carbonyl (C=O) groups excluding carboxylic acids is 2. The molecule has 0 aliphatic rings. The molecule has 2 rings (SSSR count). The summed E-state index contributed by atoms with van der Waals surface area (Å²) in [5.74, 6) is -0.464. The van der Waals surface area contributed by atoms with Crippen LogP contribution in [-0.4, -0.2) is 29.9 Å². The van der Waals surface area contributed by atoms with Gasteiger partial charge < -0.3 is 9.64 Å². The van der Waals surface area contributed by atoms with E-state index in [2.05, 4.69) is 4.74 Å². The Kier molecular flexibility index (Phi) is 5.52. The van der Waals surface area contributed by atoms with Gasteiger partial charge in [0.05, 0.1) is 12.7 Å². The number of methoxy groups -OCH3 is 1. The molecule has 4 nitrogen and oxygen atoms in total. The molecule has 0 saturated carbocycles. The van der Waals surface area contributed by atoms with E-state index in [0.29, 0.717) is 17.7 Å². The number of carbonyl (C=O) groups is 2. The molecule has 0 spiro atoms. The van der Waals surface area contributed by atoms with Crippen LogP contribution in [0.25, 0.3) is 0 Å². The van der Waals surface area contributed by atoms with Crippen molar-refractivity contribution in [2.75, 3.05) is 7.11 Å². The van der Waals surface area contributed by atoms with Crippen LogP contribution in [-0.2, 0) is 11.3 Å². The predicted octanol–water partition coefficient (Wildman–Crippen LogP) is 3.52. The van der Waals surface area contributed by atoms with Crippen LogP contribution in [0.5, 0.6) is 0 Å². The van der Waals surface area contributed by atoms with Gasteiger partial charge in [0.15, 0.2) is 0 Å². The Bertz CT molecular complexity index is 663. The van der Waals surface area contributed by atoms with Gasteiger partial charge in [-0.3, -0.25) is 4.79 Å². The maximum absolute atomic E-state index is 12.8. The summed E-state index contributed by atoms with van der Waals surface area (Å²) in [6.07, 6.45) is 0. The third-order valence-electron chi connectivity index (χ3n) is 3.63. The quantitative estimate of drug-likeness (QED) is 0.794. The van der Waals surface area contributed by atoms with Crippen molar-refractivity contribution in [3.63, 3.8) is 0 Å². The summed E-state index contributed by atoms with van der Waals surface area (Å²) in [4.78, 5) is 26.0. The minimum absolute atomic E-state index is 0.0553. The highest BCUT2D eigenvalue weighted by molar-refractivity contribution is 5.96. The smallest absolute Gasteiger partial charge is 0.337 e. The molecule has 0 saturated heterocycles. The van der Waals surface area contributed by atoms with E-state index in [-0.39, 0.29) is 11.9 Å². The van der Waals surface area contributed by atoms with Crippen molar-refractivity contribution in [1.82, 2.24) is 4.90 Å². The van der Waals surface area contributed by atoms with Crippen molar-refractivity contribution >= 4 is 11.9 Å². The Morgan fingerprint density at radius 1 is 0.957 bits per heavy atom. The Morgan fingerprint density at radius 2 is 1.52 bits per heavy atom. The van der Waals surface area contributed by atoms with Gasteiger partial charge in [0.1, 0.15) is 0 Å². The molecule has 2 aromatic rings. The number of benzene rings is 2. The highest BCUT2D eigenvalue weighted by Crippen LogP contribution is 2.14. The van der Waals surface area contributed by atoms with Gasteiger partial charge >= 0.3 is 5.97 Å². The normalized spacial score (nSPS) is 10.4. The highest BCUT2D eigenvalue weighted by atomic mass is 16.5. The molecule has 0 N–H and O–H groups in total. The fraction of sp³-hybridized carbons (Fsp3) is 0.263. The number of amides is 1. The average Bonchev–Trinajstić information content (AvgIpc) is 2.59. The number of hydrogen-bond donors (Lipinski definition) is 0. The molecule has 0 fully saturated rings. The van der Waals surface area contributed by atoms with Crippen molar-refractivity contribution in [3.05, 3.63) is 71.3 Å². The summed E-state index contributed by atoms with van der Waals surface area (Å²) in [6, 6.07) is 16.5. The van der Waals surface area contributed by atoms with E-state index in [1.807, 2.05) is 49.1 Å². The van der Waals surface area contributed by atoms with E-state index in [9.17, 15) is 9.59 Å². The van der Waals surface area contributed by atoms with Crippen LogP contribution in [0.3, 0.4) is 0 Å². The minimum atomic E-state index is -0.408. The van der Waals surface area contributed by atoms with Crippen molar-refractivity contribution in [2.45, 2.75) is 26.4 Å². The molecule has 1 amide bonds. The average molecular weight is 311 g/mol. The minimum Gasteiger partial charge on any atom is -0.465 e. The van der Waals surface area contributed by atoms with Gasteiger partial charge in [0.2, 0.25) is 0 Å². The second-order valence-electron chi connectivity index (χ2n) is 5.58. The zero-order chi connectivity index (χ0) is 16.8. The maximum Gasteiger partial charge on any atom is 0.337 e. The Morgan fingerprint density at radius 3 is 2.04 bits per heavy atom. The highest BCUT2D eigenvalue weighted by Gasteiger charge is 2.19. The molecule has 0 aliphatic carbocycles. The zero-order valence-electron chi connectivity index (χ0n) is 13.7. The summed E-state index contributed by atoms with van der Waals surface area (Å²) in [6.45, 7) is 4.53. The summed E-state index contributed by atoms with van der Waals surface area (Å²) >= 11 is 0. The molecule has 0 heterocycles. The lowest BCUT2D eigenvalue weighted by Crippen LogP contribution is -2.36. The van der Waals surface area contributed by atoms with Gasteiger partial charge in [0, 0.05) is 18.2 Å². The molecule has 0 unspecified atom stereocenters. The van der Waals surface area contributed by atoms with Gasteiger partial charge in [-0.15, -0.1) is 0 Å². The Hall–Kier alpha value is -2.62. The molecule has 2 aromatic carbocycles. The number of esters is 1. The first-order chi connectivity index (χ1) is 11.0. The van der Waals surface area contributed by atoms with E-state index >= 15 is 0 Å². The summed E-state index contributed by atoms with van der Waals surface area (Å²) in [5.41, 5.74) is 2.08. The first-order valence-electron chi connectivity index (χ1n) is 7.56. The van der Waals surface area contributed by atoms with E-state index in [1.54, 1.807) is 24.3 Å². The van der Waals surface area contributed by atoms with Gasteiger partial charge in [-0.2, -0.15) is 0 Å². The van der Waals surface area contributed by atoms with E-state index in [1.165, 1.54) is 7.11 Å². The number of nitrogens with zero attached hydrogens (tertiary/aromatic N) is 1. The molecular weight excluding hydrogens is 290 g/mol. The fourth-order valence-corrected chi connectivity index (χ4v) is 2.30. The number of hydrogen-bond acceptors (Lipinski definition) is 3. The van der Waals surface area contributed by atoms with Gasteiger partial charge in [-0.25, -0.2) is 4.79 Å². The second kappa shape index (κ2) is 7.58. The summed E-state index contributed by atoms with van der Waals surface area (Å²) in [7, 11) is 1.34. The van der Waals surface area contributed by atoms with Crippen molar-refractivity contribution < 1.29 is 14.3 Å². The van der Waals surface area contributed by atoms with Crippen molar-refractivity contribution in [3.8, 4) is 0 Å². The lowest BCUT2D eigenvalue weighted by atomic mass is 10.1. The van der Waals surface area contributed by atoms with Crippen LogP contribution in [0.4, 0.5) is 0 Å². The van der Waals surface area contributed by atoms with E-state index in [0.717, 1.165) is 5.56 Å². The molecule has 0 aromatic heterocycles. The molecule has 0 bridgehead atoms. The van der Waals surface area contributed by atoms with Gasteiger partial charge in [0.25, 0.3) is 5.91 Å². The van der Waals surface area contributed by atoms with Crippen LogP contribution in [0.15, 0.2) is 54.6 Å². The molecule has 0 atom stereocenters. The number of rotatable bonds is 5. The maximum atomic E-state index is 12.8. The lowest BCUT2D eigenvalue weighted by Gasteiger charge is -2.27. The molecule has 120 valence electrons. The molecule has 23 heavy (non-hydrogen) atoms. The molecule has 4 heteroatoms. The number of ether oxygens (including phenoxy) is 1. The predicted molar refractivity (Wildman–Crippen MR) is 89.2 cm³/mol. The SMILES string of the molecule is COC(=O)c1ccc(C(=O)N(Cc2ccccc2)C(C)C)cc1. The topological polar surface area (TPSA) is 46.6 Å². The van der Waals surface area contributed by atoms with Crippen LogP contribution >= 0.6 is 0 Å². The monoisotopic (exact) mass is 311 g/mol. The third-order valence-corrected chi connectivity index (χ3v) is 3.63. The Balaban J connectivity index is 2.19. The van der Waals surface area contributed by atoms with Gasteiger partial charge in [-0.1, -0.05) is 30.3 Å². The second-order valence-corrected chi connectivity index (χ2v) is 5.58. The van der Waals surface area contributed by atoms with Crippen LogP contribution in [0, 0.1) is 0 Å². The zero-order valence-corrected chi connectivity index (χ0v) is 13.7. The van der Waals surface area contributed by atoms with Crippen LogP contribution < -0.4 is 0 Å². The lowest BCUT2D eigenvalue weighted by molar-refractivity contribution is 0.0599. The van der Waals surface area contributed by atoms with Gasteiger partial charge in [-0.05, 0) is 43.7 Å². The van der Waals surface area contributed by atoms with E-state index < -0.39 is 5.97 Å². The molecule has 0 radical (unpaired) electrons. The summed E-state index contributed by atoms with van der Waals surface area (Å²) < 4.78 is 4.67. The van der Waals surface area contributed by atoms with Crippen LogP contribution in [0.1, 0.15) is 40.1 Å². The Labute approximate surface area is 136 Å². The standard InChI is InChI=1S/C19H21NO3/c1-14(2)20(13-15-7-5-4-6-8-15)18(21)16-9-11-17(12-10-16)19(22)23-3/h4-12,14H,13H2,1-3H3. The largest absolute Gasteiger partial charge is 0.465 e. The molecule has 0 aliphatic heterocycles. The van der Waals surface area contributed by atoms with Crippen molar-refractivity contribution in [1.29, 1.82) is 0 Å². The first-order valence-corrected chi connectivity index (χ1v) is 7.56. The first kappa shape index (κ1) is 16.7. The summed E-state index contributed by atoms with van der Waals surface area (Å²) in [5, 5.41) is 0. The van der Waals surface area contributed by atoms with Crippen LogP contribution in [0.2, 0.25) is 0 Å².